The second-order valence-electron chi connectivity index (χ2n) is 5.95. The Labute approximate surface area is 151 Å². The maximum atomic E-state index is 5.24. The Bertz CT molecular complexity index is 437. The summed E-state index contributed by atoms with van der Waals surface area (Å²) in [7, 11) is 0. The summed E-state index contributed by atoms with van der Waals surface area (Å²) in [6.45, 7) is 4.92. The highest BCUT2D eigenvalue weighted by Crippen LogP contribution is 2.02. The molecule has 0 aliphatic carbocycles. The Morgan fingerprint density at radius 1 is 0.625 bits per heavy atom. The van der Waals surface area contributed by atoms with E-state index in [0.717, 1.165) is 77.4 Å². The maximum Gasteiger partial charge on any atom is 0.0609 e. The van der Waals surface area contributed by atoms with E-state index in [1.165, 1.54) is 12.8 Å². The molecule has 0 saturated carbocycles. The van der Waals surface area contributed by atoms with Crippen molar-refractivity contribution in [3.8, 4) is 48.4 Å². The first-order chi connectivity index (χ1) is 11.8. The van der Waals surface area contributed by atoms with E-state index >= 15 is 0 Å². The molecule has 0 unspecified atom stereocenters. The summed E-state index contributed by atoms with van der Waals surface area (Å²) in [5.41, 5.74) is 0. The van der Waals surface area contributed by atoms with E-state index < -0.39 is 0 Å². The highest BCUT2D eigenvalue weighted by atomic mass is 15.1. The van der Waals surface area contributed by atoms with E-state index in [0.29, 0.717) is 0 Å². The van der Waals surface area contributed by atoms with Crippen molar-refractivity contribution >= 4 is 0 Å². The molecular weight excluding hydrogens is 290 g/mol. The Morgan fingerprint density at radius 2 is 1.08 bits per heavy atom. The first kappa shape index (κ1) is 22.2. The van der Waals surface area contributed by atoms with Crippen molar-refractivity contribution in [2.24, 2.45) is 0 Å². The fourth-order valence-electron chi connectivity index (χ4n) is 2.28. The van der Waals surface area contributed by atoms with Gasteiger partial charge in [0.15, 0.2) is 0 Å². The average molecular weight is 324 g/mol. The number of unbranched alkanes of at least 4 members (excludes halogenated alkanes) is 8. The summed E-state index contributed by atoms with van der Waals surface area (Å²) < 4.78 is 0. The molecule has 0 radical (unpaired) electrons. The van der Waals surface area contributed by atoms with Crippen molar-refractivity contribution in [3.05, 3.63) is 0 Å². The van der Waals surface area contributed by atoms with Crippen molar-refractivity contribution in [1.29, 1.82) is 0 Å². The molecule has 0 bridgehead atoms. The lowest BCUT2D eigenvalue weighted by atomic mass is 10.1. The molecule has 24 heavy (non-hydrogen) atoms. The van der Waals surface area contributed by atoms with Crippen LogP contribution >= 0.6 is 0 Å². The van der Waals surface area contributed by atoms with Gasteiger partial charge < -0.3 is 0 Å². The second-order valence-corrected chi connectivity index (χ2v) is 5.95. The van der Waals surface area contributed by atoms with Gasteiger partial charge in [-0.05, 0) is 38.6 Å². The zero-order valence-corrected chi connectivity index (χ0v) is 15.5. The summed E-state index contributed by atoms with van der Waals surface area (Å²) in [5, 5.41) is 0. The summed E-state index contributed by atoms with van der Waals surface area (Å²) in [4.78, 5) is 2.33. The van der Waals surface area contributed by atoms with Gasteiger partial charge in [-0.2, -0.15) is 0 Å². The van der Waals surface area contributed by atoms with Gasteiger partial charge in [0.25, 0.3) is 0 Å². The molecule has 0 heterocycles. The van der Waals surface area contributed by atoms with Crippen molar-refractivity contribution in [1.82, 2.24) is 4.90 Å². The van der Waals surface area contributed by atoms with Crippen LogP contribution in [0, 0.1) is 48.4 Å². The lowest BCUT2D eigenvalue weighted by molar-refractivity contribution is 0.345. The highest BCUT2D eigenvalue weighted by molar-refractivity contribution is 5.05. The third-order valence-corrected chi connectivity index (χ3v) is 3.64. The lowest BCUT2D eigenvalue weighted by Crippen LogP contribution is -2.25. The molecule has 0 aliphatic rings. The molecule has 0 saturated heterocycles. The summed E-state index contributed by atoms with van der Waals surface area (Å²) >= 11 is 0. The van der Waals surface area contributed by atoms with Crippen LogP contribution < -0.4 is 0 Å². The van der Waals surface area contributed by atoms with Gasteiger partial charge in [0.2, 0.25) is 0 Å². The topological polar surface area (TPSA) is 3.24 Å². The molecule has 0 atom stereocenters. The van der Waals surface area contributed by atoms with E-state index in [1.54, 1.807) is 0 Å². The third kappa shape index (κ3) is 16.6. The van der Waals surface area contributed by atoms with Crippen LogP contribution in [0.3, 0.4) is 0 Å². The first-order valence-electron chi connectivity index (χ1n) is 9.35. The fraction of sp³-hybridized carbons (Fsp3) is 0.652. The standard InChI is InChI=1S/C23H33N/c1-4-7-9-11-13-15-17-19-22-24(21-6-3)23-20-18-16-14-12-10-8-5-2/h1-2H,6-16,21-23H2,3H3. The van der Waals surface area contributed by atoms with Crippen molar-refractivity contribution in [3.63, 3.8) is 0 Å². The summed E-state index contributed by atoms with van der Waals surface area (Å²) in [5.74, 6) is 18.5. The molecule has 0 rings (SSSR count). The van der Waals surface area contributed by atoms with E-state index in [1.807, 2.05) is 0 Å². The quantitative estimate of drug-likeness (QED) is 0.366. The van der Waals surface area contributed by atoms with Crippen LogP contribution in [0.5, 0.6) is 0 Å². The van der Waals surface area contributed by atoms with Gasteiger partial charge in [0, 0.05) is 25.7 Å². The summed E-state index contributed by atoms with van der Waals surface area (Å²) in [6.07, 6.45) is 22.3. The Kier molecular flexibility index (Phi) is 17.8. The second kappa shape index (κ2) is 19.2. The van der Waals surface area contributed by atoms with E-state index in [9.17, 15) is 0 Å². The van der Waals surface area contributed by atoms with Crippen LogP contribution in [-0.2, 0) is 0 Å². The minimum absolute atomic E-state index is 0.828. The van der Waals surface area contributed by atoms with Crippen LogP contribution in [0.4, 0.5) is 0 Å². The molecule has 0 aromatic carbocycles. The van der Waals surface area contributed by atoms with Gasteiger partial charge in [-0.1, -0.05) is 31.6 Å². The zero-order chi connectivity index (χ0) is 17.7. The SMILES string of the molecule is C#CCCCCCC#CCN(CC#CCCCCCC#C)CCC. The lowest BCUT2D eigenvalue weighted by Gasteiger charge is -2.14. The largest absolute Gasteiger partial charge is 0.281 e. The monoisotopic (exact) mass is 323 g/mol. The number of nitrogens with zero attached hydrogens (tertiary/aromatic N) is 1. The van der Waals surface area contributed by atoms with Crippen LogP contribution in [-0.4, -0.2) is 24.5 Å². The minimum Gasteiger partial charge on any atom is -0.281 e. The smallest absolute Gasteiger partial charge is 0.0609 e. The molecule has 0 aromatic rings. The molecular formula is C23H33N. The van der Waals surface area contributed by atoms with E-state index in [-0.39, 0.29) is 0 Å². The molecule has 1 heteroatoms. The van der Waals surface area contributed by atoms with Crippen LogP contribution in [0.1, 0.15) is 77.6 Å². The van der Waals surface area contributed by atoms with Crippen LogP contribution in [0.15, 0.2) is 0 Å². The van der Waals surface area contributed by atoms with Crippen molar-refractivity contribution < 1.29 is 0 Å². The van der Waals surface area contributed by atoms with Crippen LogP contribution in [0.25, 0.3) is 0 Å². The molecule has 0 aromatic heterocycles. The Hall–Kier alpha value is -1.80. The van der Waals surface area contributed by atoms with Gasteiger partial charge in [0.05, 0.1) is 13.1 Å². The molecule has 0 spiro atoms. The molecule has 0 aliphatic heterocycles. The number of rotatable bonds is 12. The molecule has 0 amide bonds. The molecule has 1 nitrogen and oxygen atoms in total. The molecule has 130 valence electrons. The normalized spacial score (nSPS) is 9.33. The van der Waals surface area contributed by atoms with Crippen LogP contribution in [0.2, 0.25) is 0 Å². The zero-order valence-electron chi connectivity index (χ0n) is 15.5. The maximum absolute atomic E-state index is 5.24. The fourth-order valence-corrected chi connectivity index (χ4v) is 2.28. The Morgan fingerprint density at radius 3 is 1.50 bits per heavy atom. The van der Waals surface area contributed by atoms with Crippen molar-refractivity contribution in [2.75, 3.05) is 19.6 Å². The van der Waals surface area contributed by atoms with Crippen molar-refractivity contribution in [2.45, 2.75) is 77.6 Å². The molecule has 0 N–H and O–H groups in total. The predicted octanol–water partition coefficient (Wildman–Crippen LogP) is 4.87. The van der Waals surface area contributed by atoms with Gasteiger partial charge in [-0.25, -0.2) is 0 Å². The number of hydrogen-bond donors (Lipinski definition) is 0. The Balaban J connectivity index is 3.82. The van der Waals surface area contributed by atoms with Gasteiger partial charge in [-0.15, -0.1) is 36.5 Å². The first-order valence-corrected chi connectivity index (χ1v) is 9.35. The molecule has 0 fully saturated rings. The van der Waals surface area contributed by atoms with Gasteiger partial charge >= 0.3 is 0 Å². The highest BCUT2D eigenvalue weighted by Gasteiger charge is 1.98. The average Bonchev–Trinajstić information content (AvgIpc) is 2.59. The van der Waals surface area contributed by atoms with Gasteiger partial charge in [0.1, 0.15) is 0 Å². The number of terminal acetylenes is 2. The van der Waals surface area contributed by atoms with E-state index in [4.69, 9.17) is 12.8 Å². The third-order valence-electron chi connectivity index (χ3n) is 3.64. The summed E-state index contributed by atoms with van der Waals surface area (Å²) in [6, 6.07) is 0. The minimum atomic E-state index is 0.828. The van der Waals surface area contributed by atoms with E-state index in [2.05, 4.69) is 47.3 Å². The van der Waals surface area contributed by atoms with Gasteiger partial charge in [-0.3, -0.25) is 4.90 Å². The predicted molar refractivity (Wildman–Crippen MR) is 106 cm³/mol. The number of hydrogen-bond acceptors (Lipinski definition) is 1.